The first kappa shape index (κ1) is 8.93. The Bertz CT molecular complexity index is 231. The van der Waals surface area contributed by atoms with Gasteiger partial charge in [-0.3, -0.25) is 0 Å². The fourth-order valence-electron chi connectivity index (χ4n) is 1.02. The van der Waals surface area contributed by atoms with Crippen LogP contribution in [0.2, 0.25) is 0 Å². The Kier molecular flexibility index (Phi) is 2.28. The Morgan fingerprint density at radius 2 is 2.17 bits per heavy atom. The number of ether oxygens (including phenoxy) is 1. The van der Waals surface area contributed by atoms with Crippen LogP contribution in [0.4, 0.5) is 0 Å². The van der Waals surface area contributed by atoms with E-state index in [0.29, 0.717) is 0 Å². The molecule has 0 aromatic rings. The minimum atomic E-state index is -0.664. The molecule has 68 valence electrons. The van der Waals surface area contributed by atoms with Gasteiger partial charge in [0.15, 0.2) is 23.4 Å². The quantitative estimate of drug-likeness (QED) is 0.577. The maximum atomic E-state index is 9.26. The fourth-order valence-corrected chi connectivity index (χ4v) is 1.02. The Morgan fingerprint density at radius 1 is 1.58 bits per heavy atom. The molecule has 0 aliphatic carbocycles. The summed E-state index contributed by atoms with van der Waals surface area (Å²) in [6.45, 7) is 4.97. The van der Waals surface area contributed by atoms with Crippen molar-refractivity contribution in [2.24, 2.45) is 5.92 Å². The first-order chi connectivity index (χ1) is 5.57. The van der Waals surface area contributed by atoms with Gasteiger partial charge < -0.3 is 20.1 Å². The highest BCUT2D eigenvalue weighted by Gasteiger charge is 2.33. The van der Waals surface area contributed by atoms with Crippen molar-refractivity contribution in [3.63, 3.8) is 0 Å². The number of hydrogen-bond donors (Lipinski definition) is 3. The molecule has 0 saturated heterocycles. The van der Waals surface area contributed by atoms with E-state index in [1.165, 1.54) is 0 Å². The van der Waals surface area contributed by atoms with E-state index in [4.69, 9.17) is 14.9 Å². The zero-order valence-corrected chi connectivity index (χ0v) is 6.82. The van der Waals surface area contributed by atoms with Crippen LogP contribution in [0.15, 0.2) is 23.9 Å². The minimum Gasteiger partial charge on any atom is -0.505 e. The smallest absolute Gasteiger partial charge is 0.199 e. The van der Waals surface area contributed by atoms with Gasteiger partial charge in [-0.2, -0.15) is 0 Å². The highest BCUT2D eigenvalue weighted by atomic mass is 16.5. The molecule has 1 heterocycles. The topological polar surface area (TPSA) is 69.9 Å². The van der Waals surface area contributed by atoms with Crippen LogP contribution in [-0.4, -0.2) is 28.0 Å². The van der Waals surface area contributed by atoms with Crippen LogP contribution in [0.3, 0.4) is 0 Å². The van der Waals surface area contributed by atoms with Gasteiger partial charge >= 0.3 is 0 Å². The number of aliphatic hydroxyl groups is 3. The van der Waals surface area contributed by atoms with Gasteiger partial charge in [-0.05, 0) is 0 Å². The molecular formula is C8H12O4. The van der Waals surface area contributed by atoms with Crippen molar-refractivity contribution in [1.29, 1.82) is 0 Å². The van der Waals surface area contributed by atoms with Gasteiger partial charge in [0.25, 0.3) is 0 Å². The maximum absolute atomic E-state index is 9.26. The monoisotopic (exact) mass is 172 g/mol. The summed E-state index contributed by atoms with van der Waals surface area (Å²) < 4.78 is 5.01. The maximum Gasteiger partial charge on any atom is 0.199 e. The third kappa shape index (κ3) is 1.25. The lowest BCUT2D eigenvalue weighted by Crippen LogP contribution is -2.22. The molecule has 3 N–H and O–H groups in total. The van der Waals surface area contributed by atoms with Gasteiger partial charge in [0, 0.05) is 12.5 Å². The Hall–Kier alpha value is -1.16. The van der Waals surface area contributed by atoms with Crippen LogP contribution in [0, 0.1) is 5.92 Å². The molecule has 0 spiro atoms. The van der Waals surface area contributed by atoms with E-state index in [2.05, 4.69) is 6.58 Å². The average molecular weight is 172 g/mol. The second kappa shape index (κ2) is 3.06. The number of aliphatic hydroxyl groups excluding tert-OH is 3. The number of rotatable bonds is 2. The summed E-state index contributed by atoms with van der Waals surface area (Å²) in [5.41, 5.74) is 0. The van der Waals surface area contributed by atoms with Gasteiger partial charge in [0.1, 0.15) is 0 Å². The molecule has 0 saturated carbocycles. The molecule has 0 aromatic carbocycles. The molecule has 0 aromatic heterocycles. The van der Waals surface area contributed by atoms with Crippen LogP contribution >= 0.6 is 0 Å². The molecule has 12 heavy (non-hydrogen) atoms. The predicted molar refractivity (Wildman–Crippen MR) is 42.5 cm³/mol. The van der Waals surface area contributed by atoms with Crippen molar-refractivity contribution in [1.82, 2.24) is 0 Å². The van der Waals surface area contributed by atoms with Crippen LogP contribution in [-0.2, 0) is 4.74 Å². The summed E-state index contributed by atoms with van der Waals surface area (Å²) >= 11 is 0. The van der Waals surface area contributed by atoms with Gasteiger partial charge in [-0.15, -0.1) is 0 Å². The zero-order valence-electron chi connectivity index (χ0n) is 6.82. The number of hydrogen-bond acceptors (Lipinski definition) is 4. The largest absolute Gasteiger partial charge is 0.505 e. The van der Waals surface area contributed by atoms with E-state index in [1.54, 1.807) is 6.92 Å². The molecule has 0 amide bonds. The molecule has 1 aliphatic heterocycles. The van der Waals surface area contributed by atoms with E-state index in [0.717, 1.165) is 0 Å². The lowest BCUT2D eigenvalue weighted by Gasteiger charge is -2.16. The van der Waals surface area contributed by atoms with Crippen molar-refractivity contribution in [3.8, 4) is 0 Å². The molecule has 0 radical (unpaired) electrons. The molecule has 4 heteroatoms. The Balaban J connectivity index is 2.80. The third-order valence-corrected chi connectivity index (χ3v) is 1.85. The standard InChI is InChI=1S/C8H12O4/c1-4(3-9)8-7(11)6(10)5(2)12-8/h4,8-11H,2-3H2,1H3. The average Bonchev–Trinajstić information content (AvgIpc) is 2.32. The summed E-state index contributed by atoms with van der Waals surface area (Å²) in [4.78, 5) is 0. The Labute approximate surface area is 70.4 Å². The van der Waals surface area contributed by atoms with Crippen LogP contribution in [0.25, 0.3) is 0 Å². The first-order valence-corrected chi connectivity index (χ1v) is 3.66. The van der Waals surface area contributed by atoms with E-state index < -0.39 is 6.10 Å². The fraction of sp³-hybridized carbons (Fsp3) is 0.500. The van der Waals surface area contributed by atoms with Crippen molar-refractivity contribution in [2.75, 3.05) is 6.61 Å². The third-order valence-electron chi connectivity index (χ3n) is 1.85. The Morgan fingerprint density at radius 3 is 2.50 bits per heavy atom. The highest BCUT2D eigenvalue weighted by molar-refractivity contribution is 5.27. The first-order valence-electron chi connectivity index (χ1n) is 3.66. The van der Waals surface area contributed by atoms with Crippen LogP contribution < -0.4 is 0 Å². The van der Waals surface area contributed by atoms with Gasteiger partial charge in [0.2, 0.25) is 0 Å². The normalized spacial score (nSPS) is 25.8. The van der Waals surface area contributed by atoms with Gasteiger partial charge in [0.05, 0.1) is 0 Å². The van der Waals surface area contributed by atoms with E-state index in [1.807, 2.05) is 0 Å². The zero-order chi connectivity index (χ0) is 9.30. The van der Waals surface area contributed by atoms with Crippen LogP contribution in [0.1, 0.15) is 6.92 Å². The minimum absolute atomic E-state index is 0.0535. The van der Waals surface area contributed by atoms with Gasteiger partial charge in [-0.1, -0.05) is 13.5 Å². The summed E-state index contributed by atoms with van der Waals surface area (Å²) in [5.74, 6) is -0.772. The summed E-state index contributed by atoms with van der Waals surface area (Å²) in [6, 6.07) is 0. The molecule has 2 atom stereocenters. The summed E-state index contributed by atoms with van der Waals surface area (Å²) in [5, 5.41) is 27.1. The summed E-state index contributed by atoms with van der Waals surface area (Å²) in [7, 11) is 0. The lowest BCUT2D eigenvalue weighted by molar-refractivity contribution is 0.0626. The van der Waals surface area contributed by atoms with E-state index in [9.17, 15) is 5.11 Å². The van der Waals surface area contributed by atoms with Crippen molar-refractivity contribution in [3.05, 3.63) is 23.9 Å². The highest BCUT2D eigenvalue weighted by Crippen LogP contribution is 2.29. The van der Waals surface area contributed by atoms with Crippen molar-refractivity contribution < 1.29 is 20.1 Å². The molecule has 1 rings (SSSR count). The molecular weight excluding hydrogens is 160 g/mol. The molecule has 1 aliphatic rings. The lowest BCUT2D eigenvalue weighted by atomic mass is 10.1. The van der Waals surface area contributed by atoms with Crippen LogP contribution in [0.5, 0.6) is 0 Å². The molecule has 0 fully saturated rings. The van der Waals surface area contributed by atoms with E-state index in [-0.39, 0.29) is 29.8 Å². The summed E-state index contributed by atoms with van der Waals surface area (Å²) in [6.07, 6.45) is -0.664. The van der Waals surface area contributed by atoms with Crippen molar-refractivity contribution >= 4 is 0 Å². The SMILES string of the molecule is C=C1OC(C(C)CO)C(O)=C1O. The second-order valence-corrected chi connectivity index (χ2v) is 2.86. The molecule has 4 nitrogen and oxygen atoms in total. The molecule has 0 bridgehead atoms. The van der Waals surface area contributed by atoms with Crippen molar-refractivity contribution in [2.45, 2.75) is 13.0 Å². The van der Waals surface area contributed by atoms with E-state index >= 15 is 0 Å². The second-order valence-electron chi connectivity index (χ2n) is 2.86. The van der Waals surface area contributed by atoms with Gasteiger partial charge in [-0.25, -0.2) is 0 Å². The molecule has 2 unspecified atom stereocenters. The predicted octanol–water partition coefficient (Wildman–Crippen LogP) is 0.855.